The number of fused-ring (bicyclic) bond motifs is 1. The monoisotopic (exact) mass is 195 g/mol. The van der Waals surface area contributed by atoms with E-state index in [1.165, 1.54) is 4.90 Å². The maximum Gasteiger partial charge on any atom is 0.321 e. The summed E-state index contributed by atoms with van der Waals surface area (Å²) in [5.74, 6) is -1.41. The lowest BCUT2D eigenvalue weighted by Crippen LogP contribution is -2.70. The minimum atomic E-state index is -1.18. The summed E-state index contributed by atoms with van der Waals surface area (Å²) >= 11 is 0. The molecule has 1 fully saturated rings. The van der Waals surface area contributed by atoms with Crippen LogP contribution in [-0.4, -0.2) is 27.9 Å². The van der Waals surface area contributed by atoms with Crippen molar-refractivity contribution in [1.29, 1.82) is 0 Å². The smallest absolute Gasteiger partial charge is 0.321 e. The van der Waals surface area contributed by atoms with Crippen LogP contribution in [0.5, 0.6) is 0 Å². The Morgan fingerprint density at radius 3 is 2.86 bits per heavy atom. The molecular weight excluding hydrogens is 182 g/mol. The van der Waals surface area contributed by atoms with Crippen LogP contribution in [0.2, 0.25) is 0 Å². The van der Waals surface area contributed by atoms with E-state index in [0.717, 1.165) is 0 Å². The minimum Gasteiger partial charge on any atom is -0.480 e. The van der Waals surface area contributed by atoms with Crippen LogP contribution >= 0.6 is 0 Å². The Kier molecular flexibility index (Phi) is 1.71. The fraction of sp³-hybridized carbons (Fsp3) is 0.600. The van der Waals surface area contributed by atoms with Crippen molar-refractivity contribution in [3.63, 3.8) is 0 Å². The zero-order valence-electron chi connectivity index (χ0n) is 8.23. The van der Waals surface area contributed by atoms with Gasteiger partial charge in [0.2, 0.25) is 5.91 Å². The molecule has 2 rings (SSSR count). The number of hydrogen-bond acceptors (Lipinski definition) is 2. The third kappa shape index (κ3) is 0.744. The largest absolute Gasteiger partial charge is 0.480 e. The van der Waals surface area contributed by atoms with Gasteiger partial charge in [0, 0.05) is 6.20 Å². The zero-order chi connectivity index (χ0) is 10.5. The highest BCUT2D eigenvalue weighted by Gasteiger charge is 2.67. The van der Waals surface area contributed by atoms with E-state index in [2.05, 4.69) is 0 Å². The highest BCUT2D eigenvalue weighted by molar-refractivity contribution is 6.09. The molecule has 0 radical (unpaired) electrons. The first-order chi connectivity index (χ1) is 6.52. The molecule has 4 nitrogen and oxygen atoms in total. The summed E-state index contributed by atoms with van der Waals surface area (Å²) in [7, 11) is 0. The van der Waals surface area contributed by atoms with Crippen LogP contribution in [0.15, 0.2) is 12.3 Å². The number of carbonyl (C=O) groups excluding carboxylic acids is 1. The first kappa shape index (κ1) is 9.24. The summed E-state index contributed by atoms with van der Waals surface area (Å²) in [5.41, 5.74) is -1.18. The molecule has 2 heterocycles. The average molecular weight is 195 g/mol. The van der Waals surface area contributed by atoms with Gasteiger partial charge in [0.15, 0.2) is 5.41 Å². The van der Waals surface area contributed by atoms with Crippen molar-refractivity contribution in [2.75, 3.05) is 0 Å². The summed E-state index contributed by atoms with van der Waals surface area (Å²) in [6.45, 7) is 3.59. The Bertz CT molecular complexity index is 334. The second-order valence-corrected chi connectivity index (χ2v) is 4.18. The van der Waals surface area contributed by atoms with Crippen LogP contribution in [0.25, 0.3) is 0 Å². The van der Waals surface area contributed by atoms with Gasteiger partial charge in [-0.1, -0.05) is 19.9 Å². The van der Waals surface area contributed by atoms with E-state index in [1.54, 1.807) is 20.0 Å². The molecule has 1 N–H and O–H groups in total. The van der Waals surface area contributed by atoms with Gasteiger partial charge < -0.3 is 10.0 Å². The molecule has 0 aliphatic carbocycles. The molecule has 1 amide bonds. The predicted octanol–water partition coefficient (Wildman–Crippen LogP) is 0.842. The number of carboxylic acids is 1. The molecule has 0 saturated carbocycles. The number of aliphatic carboxylic acids is 1. The molecule has 0 aromatic rings. The summed E-state index contributed by atoms with van der Waals surface area (Å²) in [6.07, 6.45) is 4.21. The standard InChI is InChI=1S/C10H13NO3/c1-6(2)10(9(13)14)7-4-3-5-11(7)8(10)12/h3,5-7H,4H2,1-2H3,(H,13,14)/t7-,10-/m0/s1. The van der Waals surface area contributed by atoms with Gasteiger partial charge in [-0.3, -0.25) is 9.59 Å². The van der Waals surface area contributed by atoms with E-state index < -0.39 is 11.4 Å². The predicted molar refractivity (Wildman–Crippen MR) is 49.3 cm³/mol. The first-order valence-corrected chi connectivity index (χ1v) is 4.75. The van der Waals surface area contributed by atoms with E-state index >= 15 is 0 Å². The molecule has 76 valence electrons. The number of amides is 1. The van der Waals surface area contributed by atoms with Crippen LogP contribution < -0.4 is 0 Å². The molecule has 1 saturated heterocycles. The number of carbonyl (C=O) groups is 2. The summed E-state index contributed by atoms with van der Waals surface area (Å²) < 4.78 is 0. The SMILES string of the molecule is CC(C)[C@@]1(C(=O)O)C(=O)N2C=CC[C@H]21. The van der Waals surface area contributed by atoms with Crippen molar-refractivity contribution in [3.05, 3.63) is 12.3 Å². The molecule has 4 heteroatoms. The lowest BCUT2D eigenvalue weighted by Gasteiger charge is -2.51. The van der Waals surface area contributed by atoms with Crippen molar-refractivity contribution in [2.24, 2.45) is 11.3 Å². The maximum atomic E-state index is 11.7. The number of nitrogens with zero attached hydrogens (tertiary/aromatic N) is 1. The molecule has 0 aromatic heterocycles. The second-order valence-electron chi connectivity index (χ2n) is 4.18. The van der Waals surface area contributed by atoms with Crippen molar-refractivity contribution < 1.29 is 14.7 Å². The Hall–Kier alpha value is -1.32. The lowest BCUT2D eigenvalue weighted by atomic mass is 9.63. The van der Waals surface area contributed by atoms with E-state index in [9.17, 15) is 14.7 Å². The quantitative estimate of drug-likeness (QED) is 0.524. The normalized spacial score (nSPS) is 34.6. The van der Waals surface area contributed by atoms with Gasteiger partial charge in [0.1, 0.15) is 0 Å². The maximum absolute atomic E-state index is 11.7. The summed E-state index contributed by atoms with van der Waals surface area (Å²) in [5, 5.41) is 9.20. The van der Waals surface area contributed by atoms with Gasteiger partial charge in [-0.05, 0) is 12.3 Å². The fourth-order valence-corrected chi connectivity index (χ4v) is 2.54. The topological polar surface area (TPSA) is 57.6 Å². The van der Waals surface area contributed by atoms with Crippen molar-refractivity contribution in [3.8, 4) is 0 Å². The second kappa shape index (κ2) is 2.59. The molecule has 0 aromatic carbocycles. The summed E-state index contributed by atoms with van der Waals surface area (Å²) in [4.78, 5) is 24.5. The Morgan fingerprint density at radius 1 is 1.71 bits per heavy atom. The third-order valence-corrected chi connectivity index (χ3v) is 3.34. The number of carboxylic acid groups (broad SMARTS) is 1. The van der Waals surface area contributed by atoms with Crippen LogP contribution in [0, 0.1) is 11.3 Å². The van der Waals surface area contributed by atoms with Crippen LogP contribution in [0.1, 0.15) is 20.3 Å². The Morgan fingerprint density at radius 2 is 2.36 bits per heavy atom. The third-order valence-electron chi connectivity index (χ3n) is 3.34. The average Bonchev–Trinajstić information content (AvgIpc) is 2.48. The number of β-lactam (4-membered cyclic amide) rings is 1. The molecule has 2 aliphatic rings. The van der Waals surface area contributed by atoms with E-state index in [4.69, 9.17) is 0 Å². The first-order valence-electron chi connectivity index (χ1n) is 4.75. The van der Waals surface area contributed by atoms with Crippen LogP contribution in [-0.2, 0) is 9.59 Å². The van der Waals surface area contributed by atoms with Crippen molar-refractivity contribution >= 4 is 11.9 Å². The molecule has 14 heavy (non-hydrogen) atoms. The minimum absolute atomic E-state index is 0.159. The highest BCUT2D eigenvalue weighted by atomic mass is 16.4. The highest BCUT2D eigenvalue weighted by Crippen LogP contribution is 2.49. The van der Waals surface area contributed by atoms with Gasteiger partial charge in [-0.2, -0.15) is 0 Å². The van der Waals surface area contributed by atoms with Crippen LogP contribution in [0.4, 0.5) is 0 Å². The molecule has 2 aliphatic heterocycles. The number of rotatable bonds is 2. The van der Waals surface area contributed by atoms with Gasteiger partial charge in [0.25, 0.3) is 0 Å². The molecular formula is C10H13NO3. The van der Waals surface area contributed by atoms with Gasteiger partial charge in [-0.15, -0.1) is 0 Å². The molecule has 2 atom stereocenters. The zero-order valence-corrected chi connectivity index (χ0v) is 8.23. The fourth-order valence-electron chi connectivity index (χ4n) is 2.54. The number of hydrogen-bond donors (Lipinski definition) is 1. The molecule has 0 bridgehead atoms. The van der Waals surface area contributed by atoms with E-state index in [0.29, 0.717) is 6.42 Å². The lowest BCUT2D eigenvalue weighted by molar-refractivity contribution is -0.186. The Labute approximate surface area is 82.2 Å². The Balaban J connectivity index is 2.40. The summed E-state index contributed by atoms with van der Waals surface area (Å²) in [6, 6.07) is -0.160. The van der Waals surface area contributed by atoms with Gasteiger partial charge in [-0.25, -0.2) is 0 Å². The van der Waals surface area contributed by atoms with Crippen LogP contribution in [0.3, 0.4) is 0 Å². The van der Waals surface area contributed by atoms with Crippen molar-refractivity contribution in [2.45, 2.75) is 26.3 Å². The van der Waals surface area contributed by atoms with Gasteiger partial charge >= 0.3 is 5.97 Å². The van der Waals surface area contributed by atoms with Gasteiger partial charge in [0.05, 0.1) is 6.04 Å². The van der Waals surface area contributed by atoms with E-state index in [-0.39, 0.29) is 17.9 Å². The van der Waals surface area contributed by atoms with Crippen molar-refractivity contribution in [1.82, 2.24) is 4.90 Å². The molecule has 0 unspecified atom stereocenters. The molecule has 0 spiro atoms. The van der Waals surface area contributed by atoms with E-state index in [1.807, 2.05) is 6.08 Å².